The molecule has 0 unspecified atom stereocenters. The third kappa shape index (κ3) is 2.93. The van der Waals surface area contributed by atoms with E-state index in [0.717, 1.165) is 0 Å². The van der Waals surface area contributed by atoms with Crippen LogP contribution in [0.4, 0.5) is 0 Å². The number of nitrogens with zero attached hydrogens (tertiary/aromatic N) is 1. The van der Waals surface area contributed by atoms with Gasteiger partial charge in [0.1, 0.15) is 0 Å². The van der Waals surface area contributed by atoms with Gasteiger partial charge >= 0.3 is 0 Å². The van der Waals surface area contributed by atoms with Crippen molar-refractivity contribution in [2.24, 2.45) is 0 Å². The molecule has 1 amide bonds. The van der Waals surface area contributed by atoms with Crippen molar-refractivity contribution in [1.82, 2.24) is 4.90 Å². The Balaban J connectivity index is 2.83. The summed E-state index contributed by atoms with van der Waals surface area (Å²) in [6, 6.07) is -0.718. The number of carbonyl (C=O) groups excluding carboxylic acids is 1. The predicted molar refractivity (Wildman–Crippen MR) is 57.5 cm³/mol. The first kappa shape index (κ1) is 13.4. The highest BCUT2D eigenvalue weighted by Gasteiger charge is 2.41. The van der Waals surface area contributed by atoms with Crippen LogP contribution in [-0.2, 0) is 14.6 Å². The molecule has 1 aliphatic rings. The van der Waals surface area contributed by atoms with Gasteiger partial charge in [-0.3, -0.25) is 4.79 Å². The van der Waals surface area contributed by atoms with Crippen LogP contribution < -0.4 is 0 Å². The fourth-order valence-electron chi connectivity index (χ4n) is 1.89. The molecule has 0 aromatic carbocycles. The summed E-state index contributed by atoms with van der Waals surface area (Å²) in [5.74, 6) is -0.786. The average Bonchev–Trinajstić information content (AvgIpc) is 2.47. The van der Waals surface area contributed by atoms with Crippen molar-refractivity contribution >= 4 is 15.7 Å². The van der Waals surface area contributed by atoms with E-state index in [9.17, 15) is 18.3 Å². The summed E-state index contributed by atoms with van der Waals surface area (Å²) in [7, 11) is -3.28. The molecule has 1 fully saturated rings. The maximum atomic E-state index is 11.6. The van der Waals surface area contributed by atoms with E-state index < -0.39 is 22.0 Å². The molecular weight excluding hydrogens is 234 g/mol. The Labute approximate surface area is 94.8 Å². The van der Waals surface area contributed by atoms with Gasteiger partial charge in [-0.05, 0) is 0 Å². The van der Waals surface area contributed by atoms with Crippen molar-refractivity contribution in [2.75, 3.05) is 24.7 Å². The number of aliphatic hydroxyl groups is 2. The minimum Gasteiger partial charge on any atom is -0.395 e. The van der Waals surface area contributed by atoms with Crippen LogP contribution in [-0.4, -0.2) is 66.2 Å². The summed E-state index contributed by atoms with van der Waals surface area (Å²) in [6.07, 6.45) is -0.824. The molecule has 0 radical (unpaired) electrons. The molecule has 1 aliphatic heterocycles. The van der Waals surface area contributed by atoms with Gasteiger partial charge in [0, 0.05) is 13.0 Å². The van der Waals surface area contributed by atoms with Crippen molar-refractivity contribution in [1.29, 1.82) is 0 Å². The van der Waals surface area contributed by atoms with Crippen molar-refractivity contribution in [3.63, 3.8) is 0 Å². The van der Waals surface area contributed by atoms with Gasteiger partial charge in [0.25, 0.3) is 0 Å². The molecule has 1 saturated heterocycles. The summed E-state index contributed by atoms with van der Waals surface area (Å²) >= 11 is 0. The lowest BCUT2D eigenvalue weighted by atomic mass is 10.1. The van der Waals surface area contributed by atoms with Gasteiger partial charge in [0.15, 0.2) is 9.84 Å². The van der Waals surface area contributed by atoms with Gasteiger partial charge in [-0.2, -0.15) is 0 Å². The normalized spacial score (nSPS) is 27.9. The van der Waals surface area contributed by atoms with E-state index in [1.807, 2.05) is 0 Å². The minimum atomic E-state index is -3.28. The molecule has 94 valence electrons. The Kier molecular flexibility index (Phi) is 4.28. The van der Waals surface area contributed by atoms with E-state index in [2.05, 4.69) is 0 Å². The van der Waals surface area contributed by atoms with Crippen molar-refractivity contribution in [3.8, 4) is 0 Å². The lowest BCUT2D eigenvalue weighted by molar-refractivity contribution is -0.135. The summed E-state index contributed by atoms with van der Waals surface area (Å²) in [6.45, 7) is 1.47. The maximum Gasteiger partial charge on any atom is 0.222 e. The van der Waals surface area contributed by atoms with Crippen molar-refractivity contribution in [3.05, 3.63) is 0 Å². The molecule has 0 bridgehead atoms. The number of hydrogen-bond donors (Lipinski definition) is 2. The van der Waals surface area contributed by atoms with Crippen molar-refractivity contribution < 1.29 is 23.4 Å². The zero-order valence-electron chi connectivity index (χ0n) is 9.16. The van der Waals surface area contributed by atoms with Crippen LogP contribution in [0.2, 0.25) is 0 Å². The second kappa shape index (κ2) is 5.11. The molecule has 2 atom stereocenters. The predicted octanol–water partition coefficient (Wildman–Crippen LogP) is -1.62. The topological polar surface area (TPSA) is 94.9 Å². The fourth-order valence-corrected chi connectivity index (χ4v) is 3.70. The van der Waals surface area contributed by atoms with Gasteiger partial charge in [0.05, 0.1) is 30.3 Å². The number of rotatable bonds is 4. The second-order valence-corrected chi connectivity index (χ2v) is 6.03. The quantitative estimate of drug-likeness (QED) is 0.626. The molecule has 0 aromatic heterocycles. The van der Waals surface area contributed by atoms with E-state index in [1.54, 1.807) is 6.92 Å². The summed E-state index contributed by atoms with van der Waals surface area (Å²) in [5.41, 5.74) is 0. The lowest BCUT2D eigenvalue weighted by Crippen LogP contribution is -2.47. The number of hydrogen-bond acceptors (Lipinski definition) is 5. The van der Waals surface area contributed by atoms with Crippen LogP contribution in [0.25, 0.3) is 0 Å². The molecule has 0 aliphatic carbocycles. The molecule has 0 spiro atoms. The molecule has 7 heteroatoms. The first-order chi connectivity index (χ1) is 7.41. The van der Waals surface area contributed by atoms with Gasteiger partial charge in [-0.1, -0.05) is 6.92 Å². The van der Waals surface area contributed by atoms with E-state index >= 15 is 0 Å². The Morgan fingerprint density at radius 1 is 1.44 bits per heavy atom. The number of aliphatic hydroxyl groups excluding tert-OH is 2. The fraction of sp³-hybridized carbons (Fsp3) is 0.889. The number of amides is 1. The van der Waals surface area contributed by atoms with Crippen LogP contribution in [0.3, 0.4) is 0 Å². The molecule has 0 saturated carbocycles. The summed E-state index contributed by atoms with van der Waals surface area (Å²) < 4.78 is 22.6. The highest BCUT2D eigenvalue weighted by molar-refractivity contribution is 7.91. The Bertz CT molecular complexity index is 353. The van der Waals surface area contributed by atoms with Crippen LogP contribution >= 0.6 is 0 Å². The highest BCUT2D eigenvalue weighted by Crippen LogP contribution is 2.19. The third-order valence-electron chi connectivity index (χ3n) is 2.66. The first-order valence-corrected chi connectivity index (χ1v) is 7.02. The monoisotopic (exact) mass is 251 g/mol. The average molecular weight is 251 g/mol. The SMILES string of the molecule is CCC(=O)N(CCO)[C@@H]1CS(=O)(=O)C[C@H]1O. The summed E-state index contributed by atoms with van der Waals surface area (Å²) in [4.78, 5) is 12.8. The van der Waals surface area contributed by atoms with Crippen LogP contribution in [0.5, 0.6) is 0 Å². The molecule has 16 heavy (non-hydrogen) atoms. The maximum absolute atomic E-state index is 11.6. The summed E-state index contributed by atoms with van der Waals surface area (Å²) in [5, 5.41) is 18.4. The largest absolute Gasteiger partial charge is 0.395 e. The number of sulfone groups is 1. The molecule has 2 N–H and O–H groups in total. The van der Waals surface area contributed by atoms with Crippen LogP contribution in [0, 0.1) is 0 Å². The highest BCUT2D eigenvalue weighted by atomic mass is 32.2. The minimum absolute atomic E-state index is 0.0594. The third-order valence-corrected chi connectivity index (χ3v) is 4.36. The van der Waals surface area contributed by atoms with E-state index in [0.29, 0.717) is 0 Å². The molecule has 0 aromatic rings. The standard InChI is InChI=1S/C9H17NO5S/c1-2-9(13)10(3-4-11)7-5-16(14,15)6-8(7)12/h7-8,11-12H,2-6H2,1H3/t7-,8-/m1/s1. The second-order valence-electron chi connectivity index (χ2n) is 3.88. The van der Waals surface area contributed by atoms with E-state index in [1.165, 1.54) is 4.90 Å². The lowest BCUT2D eigenvalue weighted by Gasteiger charge is -2.29. The molecule has 1 heterocycles. The van der Waals surface area contributed by atoms with Gasteiger partial charge in [0.2, 0.25) is 5.91 Å². The first-order valence-electron chi connectivity index (χ1n) is 5.20. The Hall–Kier alpha value is -0.660. The molecule has 6 nitrogen and oxygen atoms in total. The Morgan fingerprint density at radius 2 is 2.06 bits per heavy atom. The van der Waals surface area contributed by atoms with E-state index in [4.69, 9.17) is 5.11 Å². The van der Waals surface area contributed by atoms with Crippen LogP contribution in [0.15, 0.2) is 0 Å². The van der Waals surface area contributed by atoms with Crippen LogP contribution in [0.1, 0.15) is 13.3 Å². The number of carbonyl (C=O) groups is 1. The molecular formula is C9H17NO5S. The van der Waals surface area contributed by atoms with Gasteiger partial charge < -0.3 is 15.1 Å². The Morgan fingerprint density at radius 3 is 2.44 bits per heavy atom. The van der Waals surface area contributed by atoms with Gasteiger partial charge in [-0.15, -0.1) is 0 Å². The zero-order valence-corrected chi connectivity index (χ0v) is 9.98. The van der Waals surface area contributed by atoms with E-state index in [-0.39, 0.29) is 37.0 Å². The van der Waals surface area contributed by atoms with Crippen molar-refractivity contribution in [2.45, 2.75) is 25.5 Å². The molecule has 1 rings (SSSR count). The smallest absolute Gasteiger partial charge is 0.222 e. The van der Waals surface area contributed by atoms with Gasteiger partial charge in [-0.25, -0.2) is 8.42 Å². The zero-order chi connectivity index (χ0) is 12.3.